The summed E-state index contributed by atoms with van der Waals surface area (Å²) < 4.78 is 17.8. The molecular weight excluding hydrogens is 527 g/mol. The Labute approximate surface area is 223 Å². The van der Waals surface area contributed by atoms with Crippen molar-refractivity contribution < 1.29 is 28.9 Å². The maximum Gasteiger partial charge on any atom is 0.411 e. The molecule has 37 heavy (non-hydrogen) atoms. The molecule has 2 amide bonds. The standard InChI is InChI=1S/C23H28Cl2N6O6/c1-23(2,3)37-22(34)30-13(10-32)5-4-8-35-16-7-6-15(24)17(25)14(16)9-31-12-29-18-19(31)27-11-28-20(18)36-21(26)33/h6-7,11-13,32H,4-5,8-10H2,1-3H3,(H2,26,33)(H,30,34). The second-order valence-corrected chi connectivity index (χ2v) is 9.78. The van der Waals surface area contributed by atoms with Crippen LogP contribution in [0.15, 0.2) is 24.8 Å². The van der Waals surface area contributed by atoms with Gasteiger partial charge in [-0.3, -0.25) is 0 Å². The number of hydrogen-bond acceptors (Lipinski definition) is 9. The van der Waals surface area contributed by atoms with E-state index in [1.54, 1.807) is 37.5 Å². The molecule has 2 aromatic heterocycles. The zero-order valence-electron chi connectivity index (χ0n) is 20.5. The lowest BCUT2D eigenvalue weighted by Crippen LogP contribution is -2.41. The van der Waals surface area contributed by atoms with E-state index in [1.165, 1.54) is 12.7 Å². The summed E-state index contributed by atoms with van der Waals surface area (Å²) in [6.45, 7) is 5.51. The minimum atomic E-state index is -1.02. The minimum Gasteiger partial charge on any atom is -0.493 e. The number of ether oxygens (including phenoxy) is 3. The number of nitrogens with zero attached hydrogens (tertiary/aromatic N) is 4. The maximum absolute atomic E-state index is 12.0. The molecule has 3 rings (SSSR count). The minimum absolute atomic E-state index is 0.0663. The average molecular weight is 555 g/mol. The number of halogens is 2. The van der Waals surface area contributed by atoms with Gasteiger partial charge in [0, 0.05) is 5.56 Å². The van der Waals surface area contributed by atoms with Gasteiger partial charge in [0.25, 0.3) is 5.88 Å². The van der Waals surface area contributed by atoms with Crippen molar-refractivity contribution in [3.63, 3.8) is 0 Å². The monoisotopic (exact) mass is 554 g/mol. The van der Waals surface area contributed by atoms with Crippen molar-refractivity contribution in [2.24, 2.45) is 5.73 Å². The molecule has 2 heterocycles. The summed E-state index contributed by atoms with van der Waals surface area (Å²) in [6.07, 6.45) is 2.07. The molecule has 0 fully saturated rings. The molecule has 1 atom stereocenters. The van der Waals surface area contributed by atoms with Gasteiger partial charge in [0.1, 0.15) is 17.7 Å². The van der Waals surface area contributed by atoms with Crippen LogP contribution in [-0.4, -0.2) is 61.7 Å². The van der Waals surface area contributed by atoms with Crippen molar-refractivity contribution in [3.05, 3.63) is 40.4 Å². The van der Waals surface area contributed by atoms with E-state index in [0.29, 0.717) is 39.8 Å². The van der Waals surface area contributed by atoms with Gasteiger partial charge in [-0.05, 0) is 45.7 Å². The van der Waals surface area contributed by atoms with Crippen LogP contribution in [-0.2, 0) is 11.3 Å². The summed E-state index contributed by atoms with van der Waals surface area (Å²) in [4.78, 5) is 35.4. The normalized spacial score (nSPS) is 12.3. The highest BCUT2D eigenvalue weighted by Crippen LogP contribution is 2.34. The van der Waals surface area contributed by atoms with Gasteiger partial charge >= 0.3 is 12.2 Å². The number of carbonyl (C=O) groups is 2. The Hall–Kier alpha value is -3.35. The van der Waals surface area contributed by atoms with E-state index in [0.717, 1.165) is 0 Å². The number of aliphatic hydroxyl groups excluding tert-OH is 1. The zero-order valence-corrected chi connectivity index (χ0v) is 22.0. The van der Waals surface area contributed by atoms with Gasteiger partial charge in [0.15, 0.2) is 11.2 Å². The molecule has 0 radical (unpaired) electrons. The molecule has 0 aliphatic heterocycles. The highest BCUT2D eigenvalue weighted by atomic mass is 35.5. The van der Waals surface area contributed by atoms with Crippen molar-refractivity contribution in [2.45, 2.75) is 51.8 Å². The molecule has 3 aromatic rings. The van der Waals surface area contributed by atoms with Crippen molar-refractivity contribution >= 4 is 46.6 Å². The van der Waals surface area contributed by atoms with Crippen LogP contribution in [0.2, 0.25) is 10.0 Å². The summed E-state index contributed by atoms with van der Waals surface area (Å²) in [7, 11) is 0. The van der Waals surface area contributed by atoms with Gasteiger partial charge in [-0.15, -0.1) is 0 Å². The largest absolute Gasteiger partial charge is 0.493 e. The van der Waals surface area contributed by atoms with Crippen LogP contribution in [0.4, 0.5) is 9.59 Å². The Morgan fingerprint density at radius 1 is 1.22 bits per heavy atom. The molecule has 0 aliphatic rings. The molecule has 4 N–H and O–H groups in total. The highest BCUT2D eigenvalue weighted by molar-refractivity contribution is 6.42. The fourth-order valence-electron chi connectivity index (χ4n) is 3.37. The fourth-order valence-corrected chi connectivity index (χ4v) is 3.76. The van der Waals surface area contributed by atoms with Gasteiger partial charge in [-0.1, -0.05) is 23.2 Å². The molecule has 200 valence electrons. The van der Waals surface area contributed by atoms with E-state index < -0.39 is 23.8 Å². The van der Waals surface area contributed by atoms with E-state index in [4.69, 9.17) is 43.1 Å². The molecule has 0 aliphatic carbocycles. The van der Waals surface area contributed by atoms with Crippen LogP contribution in [0, 0.1) is 0 Å². The number of benzene rings is 1. The Balaban J connectivity index is 1.69. The van der Waals surface area contributed by atoms with Crippen LogP contribution >= 0.6 is 23.2 Å². The van der Waals surface area contributed by atoms with Gasteiger partial charge in [-0.2, -0.15) is 4.98 Å². The Morgan fingerprint density at radius 3 is 2.65 bits per heavy atom. The van der Waals surface area contributed by atoms with Crippen LogP contribution in [0.5, 0.6) is 11.6 Å². The molecular formula is C23H28Cl2N6O6. The number of hydrogen-bond donors (Lipinski definition) is 3. The third-order valence-electron chi connectivity index (χ3n) is 4.94. The molecule has 0 spiro atoms. The van der Waals surface area contributed by atoms with E-state index in [2.05, 4.69) is 20.3 Å². The number of nitrogens with one attached hydrogen (secondary N) is 1. The van der Waals surface area contributed by atoms with E-state index in [1.807, 2.05) is 0 Å². The molecule has 1 unspecified atom stereocenters. The molecule has 0 saturated heterocycles. The van der Waals surface area contributed by atoms with E-state index in [-0.39, 0.29) is 31.2 Å². The first-order valence-electron chi connectivity index (χ1n) is 11.3. The topological polar surface area (TPSA) is 164 Å². The number of amides is 2. The molecule has 12 nitrogen and oxygen atoms in total. The zero-order chi connectivity index (χ0) is 27.2. The molecule has 14 heteroatoms. The quantitative estimate of drug-likeness (QED) is 0.317. The number of imidazole rings is 1. The summed E-state index contributed by atoms with van der Waals surface area (Å²) in [5, 5.41) is 12.9. The summed E-state index contributed by atoms with van der Waals surface area (Å²) >= 11 is 12.8. The fraction of sp³-hybridized carbons (Fsp3) is 0.435. The first-order chi connectivity index (χ1) is 17.5. The number of aromatic nitrogens is 4. The van der Waals surface area contributed by atoms with Crippen LogP contribution in [0.3, 0.4) is 0 Å². The Bertz CT molecular complexity index is 1260. The number of rotatable bonds is 10. The van der Waals surface area contributed by atoms with Crippen molar-refractivity contribution in [1.82, 2.24) is 24.8 Å². The maximum atomic E-state index is 12.0. The second-order valence-electron chi connectivity index (χ2n) is 9.00. The lowest BCUT2D eigenvalue weighted by molar-refractivity contribution is 0.0476. The van der Waals surface area contributed by atoms with Crippen molar-refractivity contribution in [1.29, 1.82) is 0 Å². The number of alkyl carbamates (subject to hydrolysis) is 1. The predicted octanol–water partition coefficient (Wildman–Crippen LogP) is 3.68. The van der Waals surface area contributed by atoms with Crippen molar-refractivity contribution in [2.75, 3.05) is 13.2 Å². The number of fused-ring (bicyclic) bond motifs is 1. The van der Waals surface area contributed by atoms with Crippen molar-refractivity contribution in [3.8, 4) is 11.6 Å². The van der Waals surface area contributed by atoms with Gasteiger partial charge < -0.3 is 34.9 Å². The number of aliphatic hydroxyl groups is 1. The summed E-state index contributed by atoms with van der Waals surface area (Å²) in [5.74, 6) is 0.419. The SMILES string of the molecule is CC(C)(C)OC(=O)NC(CO)CCCOc1ccc(Cl)c(Cl)c1Cn1cnc2c(OC(N)=O)ncnc21. The van der Waals surface area contributed by atoms with Gasteiger partial charge in [-0.25, -0.2) is 19.6 Å². The third kappa shape index (κ3) is 7.81. The molecule has 1 aromatic carbocycles. The average Bonchev–Trinajstić information content (AvgIpc) is 3.22. The van der Waals surface area contributed by atoms with Gasteiger partial charge in [0.05, 0.1) is 42.2 Å². The predicted molar refractivity (Wildman–Crippen MR) is 136 cm³/mol. The summed E-state index contributed by atoms with van der Waals surface area (Å²) in [5.41, 5.74) is 5.66. The van der Waals surface area contributed by atoms with E-state index in [9.17, 15) is 14.7 Å². The van der Waals surface area contributed by atoms with Crippen LogP contribution in [0.1, 0.15) is 39.2 Å². The molecule has 0 saturated carbocycles. The number of primary amides is 1. The molecule has 0 bridgehead atoms. The summed E-state index contributed by atoms with van der Waals surface area (Å²) in [6, 6.07) is 2.83. The third-order valence-corrected chi connectivity index (χ3v) is 5.79. The first kappa shape index (κ1) is 28.2. The smallest absolute Gasteiger partial charge is 0.411 e. The van der Waals surface area contributed by atoms with Gasteiger partial charge in [0.2, 0.25) is 0 Å². The van der Waals surface area contributed by atoms with E-state index >= 15 is 0 Å². The first-order valence-corrected chi connectivity index (χ1v) is 12.1. The second kappa shape index (κ2) is 12.3. The lowest BCUT2D eigenvalue weighted by atomic mass is 10.1. The number of nitrogens with two attached hydrogens (primary N) is 1. The van der Waals surface area contributed by atoms with Crippen LogP contribution < -0.4 is 20.5 Å². The highest BCUT2D eigenvalue weighted by Gasteiger charge is 2.20. The lowest BCUT2D eigenvalue weighted by Gasteiger charge is -2.22. The van der Waals surface area contributed by atoms with Crippen LogP contribution in [0.25, 0.3) is 11.2 Å². The Kier molecular flexibility index (Phi) is 9.35. The Morgan fingerprint density at radius 2 is 1.97 bits per heavy atom. The number of carbonyl (C=O) groups excluding carboxylic acids is 2.